The molecule has 1 heterocycles. The van der Waals surface area contributed by atoms with Crippen LogP contribution in [0.15, 0.2) is 46.9 Å². The van der Waals surface area contributed by atoms with Gasteiger partial charge in [-0.15, -0.1) is 0 Å². The smallest absolute Gasteiger partial charge is 0.355 e. The third kappa shape index (κ3) is 4.67. The number of carbonyl (C=O) groups excluding carboxylic acids is 1. The molecule has 1 atom stereocenters. The highest BCUT2D eigenvalue weighted by molar-refractivity contribution is 9.10. The minimum Gasteiger partial charge on any atom is -0.355 e. The number of rotatable bonds is 1. The van der Waals surface area contributed by atoms with Gasteiger partial charge in [0.2, 0.25) is 5.91 Å². The van der Waals surface area contributed by atoms with E-state index in [9.17, 15) is 18.0 Å². The van der Waals surface area contributed by atoms with Crippen molar-refractivity contribution >= 4 is 21.8 Å². The Labute approximate surface area is 159 Å². The van der Waals surface area contributed by atoms with E-state index in [-0.39, 0.29) is 11.3 Å². The van der Waals surface area contributed by atoms with E-state index in [2.05, 4.69) is 33.4 Å². The van der Waals surface area contributed by atoms with E-state index in [1.807, 2.05) is 19.9 Å². The molecule has 0 radical (unpaired) electrons. The van der Waals surface area contributed by atoms with E-state index in [0.717, 1.165) is 40.7 Å². The molecule has 0 spiro atoms. The van der Waals surface area contributed by atoms with E-state index in [1.165, 1.54) is 17.7 Å². The molecule has 1 unspecified atom stereocenters. The Balaban J connectivity index is 0.000000197. The molecule has 2 aromatic rings. The second kappa shape index (κ2) is 7.82. The van der Waals surface area contributed by atoms with Crippen molar-refractivity contribution in [3.63, 3.8) is 0 Å². The van der Waals surface area contributed by atoms with Crippen molar-refractivity contribution in [3.8, 4) is 0 Å². The predicted molar refractivity (Wildman–Crippen MR) is 100 cm³/mol. The summed E-state index contributed by atoms with van der Waals surface area (Å²) in [5.41, 5.74) is 2.17. The van der Waals surface area contributed by atoms with Crippen LogP contribution in [0, 0.1) is 13.8 Å². The highest BCUT2D eigenvalue weighted by Gasteiger charge is 2.39. The summed E-state index contributed by atoms with van der Waals surface area (Å²) in [7, 11) is 0. The van der Waals surface area contributed by atoms with Gasteiger partial charge in [0.15, 0.2) is 0 Å². The van der Waals surface area contributed by atoms with Gasteiger partial charge in [0.25, 0.3) is 0 Å². The van der Waals surface area contributed by atoms with Crippen LogP contribution in [0.4, 0.5) is 13.2 Å². The first-order chi connectivity index (χ1) is 12.0. The molecule has 0 aromatic heterocycles. The molecule has 1 amide bonds. The van der Waals surface area contributed by atoms with Gasteiger partial charge in [-0.3, -0.25) is 4.79 Å². The van der Waals surface area contributed by atoms with Crippen molar-refractivity contribution in [2.45, 2.75) is 38.8 Å². The van der Waals surface area contributed by atoms with Crippen LogP contribution in [0.25, 0.3) is 0 Å². The van der Waals surface area contributed by atoms with Crippen molar-refractivity contribution in [1.82, 2.24) is 5.32 Å². The average Bonchev–Trinajstić information content (AvgIpc) is 2.90. The normalized spacial score (nSPS) is 19.6. The zero-order valence-corrected chi connectivity index (χ0v) is 16.5. The second-order valence-electron chi connectivity index (χ2n) is 6.67. The molecule has 1 N–H and O–H groups in total. The fourth-order valence-electron chi connectivity index (χ4n) is 2.69. The number of carbonyl (C=O) groups is 1. The quantitative estimate of drug-likeness (QED) is 0.634. The van der Waals surface area contributed by atoms with Crippen molar-refractivity contribution in [1.29, 1.82) is 0 Å². The first-order valence-corrected chi connectivity index (χ1v) is 9.02. The van der Waals surface area contributed by atoms with Crippen molar-refractivity contribution in [3.05, 3.63) is 69.2 Å². The topological polar surface area (TPSA) is 29.1 Å². The van der Waals surface area contributed by atoms with Gasteiger partial charge in [0.05, 0.1) is 11.0 Å². The SMILES string of the molecule is Cc1ccc(C(F)(F)F)cc1.Cc1ccc(C2(C)CCNC2=O)cc1Br. The highest BCUT2D eigenvalue weighted by atomic mass is 79.9. The van der Waals surface area contributed by atoms with E-state index >= 15 is 0 Å². The summed E-state index contributed by atoms with van der Waals surface area (Å²) in [5, 5.41) is 2.89. The van der Waals surface area contributed by atoms with Gasteiger partial charge in [-0.2, -0.15) is 13.2 Å². The second-order valence-corrected chi connectivity index (χ2v) is 7.52. The van der Waals surface area contributed by atoms with Gasteiger partial charge in [0, 0.05) is 11.0 Å². The van der Waals surface area contributed by atoms with Crippen molar-refractivity contribution < 1.29 is 18.0 Å². The molecule has 0 bridgehead atoms. The van der Waals surface area contributed by atoms with Crippen LogP contribution in [0.1, 0.15) is 35.6 Å². The third-order valence-electron chi connectivity index (χ3n) is 4.60. The van der Waals surface area contributed by atoms with E-state index < -0.39 is 11.7 Å². The summed E-state index contributed by atoms with van der Waals surface area (Å²) >= 11 is 3.51. The number of halogens is 4. The van der Waals surface area contributed by atoms with E-state index in [1.54, 1.807) is 6.92 Å². The minimum absolute atomic E-state index is 0.137. The number of nitrogens with one attached hydrogen (secondary N) is 1. The summed E-state index contributed by atoms with van der Waals surface area (Å²) in [4.78, 5) is 11.8. The lowest BCUT2D eigenvalue weighted by atomic mass is 9.81. The van der Waals surface area contributed by atoms with Crippen LogP contribution in [-0.2, 0) is 16.4 Å². The van der Waals surface area contributed by atoms with Gasteiger partial charge < -0.3 is 5.32 Å². The number of hydrogen-bond acceptors (Lipinski definition) is 1. The summed E-state index contributed by atoms with van der Waals surface area (Å²) in [6.07, 6.45) is -3.34. The standard InChI is InChI=1S/C12H14BrNO.C8H7F3/c1-8-3-4-9(7-10(8)13)12(2)5-6-14-11(12)15;1-6-2-4-7(5-3-6)8(9,10)11/h3-4,7H,5-6H2,1-2H3,(H,14,15);2-5H,1H3. The van der Waals surface area contributed by atoms with Gasteiger partial charge in [-0.25, -0.2) is 0 Å². The molecule has 1 aliphatic rings. The average molecular weight is 428 g/mol. The molecule has 2 aromatic carbocycles. The van der Waals surface area contributed by atoms with Gasteiger partial charge in [0.1, 0.15) is 0 Å². The molecule has 26 heavy (non-hydrogen) atoms. The molecular weight excluding hydrogens is 407 g/mol. The van der Waals surface area contributed by atoms with E-state index in [0.29, 0.717) is 0 Å². The molecule has 1 aliphatic heterocycles. The zero-order valence-electron chi connectivity index (χ0n) is 14.9. The summed E-state index contributed by atoms with van der Waals surface area (Å²) in [6, 6.07) is 11.2. The highest BCUT2D eigenvalue weighted by Crippen LogP contribution is 2.33. The Kier molecular flexibility index (Phi) is 6.17. The van der Waals surface area contributed by atoms with Gasteiger partial charge in [-0.05, 0) is 56.5 Å². The van der Waals surface area contributed by atoms with Crippen LogP contribution in [0.5, 0.6) is 0 Å². The largest absolute Gasteiger partial charge is 0.416 e. The monoisotopic (exact) mass is 427 g/mol. The summed E-state index contributed by atoms with van der Waals surface area (Å²) in [5.74, 6) is 0.137. The number of alkyl halides is 3. The third-order valence-corrected chi connectivity index (χ3v) is 5.45. The number of hydrogen-bond donors (Lipinski definition) is 1. The number of benzene rings is 2. The molecule has 2 nitrogen and oxygen atoms in total. The molecule has 1 saturated heterocycles. The van der Waals surface area contributed by atoms with Crippen LogP contribution in [0.3, 0.4) is 0 Å². The zero-order chi connectivity index (χ0) is 19.5. The summed E-state index contributed by atoms with van der Waals surface area (Å²) in [6.45, 7) is 6.58. The fraction of sp³-hybridized carbons (Fsp3) is 0.350. The maximum Gasteiger partial charge on any atom is 0.416 e. The number of aryl methyl sites for hydroxylation is 2. The lowest BCUT2D eigenvalue weighted by Crippen LogP contribution is -2.32. The maximum absolute atomic E-state index is 11.9. The predicted octanol–water partition coefficient (Wildman–Crippen LogP) is 5.55. The Morgan fingerprint density at radius 3 is 2.15 bits per heavy atom. The fourth-order valence-corrected chi connectivity index (χ4v) is 3.07. The van der Waals surface area contributed by atoms with Crippen LogP contribution >= 0.6 is 15.9 Å². The van der Waals surface area contributed by atoms with Crippen LogP contribution < -0.4 is 5.32 Å². The molecule has 1 fully saturated rings. The molecule has 6 heteroatoms. The Bertz CT molecular complexity index is 787. The number of amides is 1. The van der Waals surface area contributed by atoms with E-state index in [4.69, 9.17) is 0 Å². The lowest BCUT2D eigenvalue weighted by Gasteiger charge is -2.21. The Morgan fingerprint density at radius 2 is 1.69 bits per heavy atom. The Hall–Kier alpha value is -1.82. The lowest BCUT2D eigenvalue weighted by molar-refractivity contribution is -0.137. The molecule has 0 saturated carbocycles. The van der Waals surface area contributed by atoms with Crippen molar-refractivity contribution in [2.24, 2.45) is 0 Å². The maximum atomic E-state index is 11.9. The van der Waals surface area contributed by atoms with Crippen LogP contribution in [-0.4, -0.2) is 12.5 Å². The first-order valence-electron chi connectivity index (χ1n) is 8.23. The Morgan fingerprint density at radius 1 is 1.08 bits per heavy atom. The summed E-state index contributed by atoms with van der Waals surface area (Å²) < 4.78 is 36.8. The molecule has 0 aliphatic carbocycles. The van der Waals surface area contributed by atoms with Gasteiger partial charge in [-0.1, -0.05) is 45.8 Å². The van der Waals surface area contributed by atoms with Crippen molar-refractivity contribution in [2.75, 3.05) is 6.54 Å². The minimum atomic E-state index is -4.21. The molecule has 3 rings (SSSR count). The van der Waals surface area contributed by atoms with Gasteiger partial charge >= 0.3 is 6.18 Å². The molecular formula is C20H21BrF3NO. The first kappa shape index (κ1) is 20.5. The molecule has 140 valence electrons. The van der Waals surface area contributed by atoms with Crippen LogP contribution in [0.2, 0.25) is 0 Å².